The Morgan fingerprint density at radius 2 is 1.82 bits per heavy atom. The lowest BCUT2D eigenvalue weighted by atomic mass is 10.2. The Morgan fingerprint density at radius 3 is 2.47 bits per heavy atom. The molecule has 2 N–H and O–H groups in total. The fourth-order valence-corrected chi connectivity index (χ4v) is 1.32. The number of anilines is 3. The van der Waals surface area contributed by atoms with Gasteiger partial charge in [0.1, 0.15) is 5.82 Å². The van der Waals surface area contributed by atoms with Crippen molar-refractivity contribution in [2.24, 2.45) is 0 Å². The molecule has 0 saturated carbocycles. The van der Waals surface area contributed by atoms with Gasteiger partial charge in [-0.3, -0.25) is 4.98 Å². The molecule has 1 aromatic heterocycles. The molecule has 0 fully saturated rings. The number of nitrogens with one attached hydrogen (secondary N) is 2. The van der Waals surface area contributed by atoms with Gasteiger partial charge < -0.3 is 10.6 Å². The summed E-state index contributed by atoms with van der Waals surface area (Å²) in [5, 5.41) is 14.7. The number of hydrogen-bond donors (Lipinski definition) is 2. The van der Waals surface area contributed by atoms with Crippen LogP contribution in [0.25, 0.3) is 0 Å². The van der Waals surface area contributed by atoms with Crippen LogP contribution in [0.5, 0.6) is 0 Å². The van der Waals surface area contributed by atoms with Crippen molar-refractivity contribution < 1.29 is 0 Å². The number of aromatic nitrogens is 2. The van der Waals surface area contributed by atoms with Gasteiger partial charge in [-0.15, -0.1) is 0 Å². The van der Waals surface area contributed by atoms with Crippen LogP contribution in [0.3, 0.4) is 0 Å². The van der Waals surface area contributed by atoms with Gasteiger partial charge in [-0.25, -0.2) is 4.98 Å². The van der Waals surface area contributed by atoms with E-state index in [1.807, 2.05) is 12.1 Å². The molecule has 0 radical (unpaired) electrons. The summed E-state index contributed by atoms with van der Waals surface area (Å²) in [7, 11) is 1.79. The van der Waals surface area contributed by atoms with Crippen LogP contribution in [0.1, 0.15) is 5.56 Å². The summed E-state index contributed by atoms with van der Waals surface area (Å²) in [4.78, 5) is 8.32. The molecule has 1 aromatic carbocycles. The van der Waals surface area contributed by atoms with Gasteiger partial charge >= 0.3 is 0 Å². The molecule has 0 saturated heterocycles. The van der Waals surface area contributed by atoms with Crippen LogP contribution in [0.4, 0.5) is 17.3 Å². The Kier molecular flexibility index (Phi) is 3.17. The molecule has 0 bridgehead atoms. The minimum absolute atomic E-state index is 0.630. The maximum atomic E-state index is 8.69. The largest absolute Gasteiger partial charge is 0.372 e. The van der Waals surface area contributed by atoms with Crippen molar-refractivity contribution in [3.8, 4) is 6.07 Å². The van der Waals surface area contributed by atoms with E-state index in [0.29, 0.717) is 17.2 Å². The molecule has 5 nitrogen and oxygen atoms in total. The Morgan fingerprint density at radius 1 is 1.12 bits per heavy atom. The van der Waals surface area contributed by atoms with E-state index in [2.05, 4.69) is 26.7 Å². The Bertz CT molecular complexity index is 542. The molecule has 0 aliphatic carbocycles. The first kappa shape index (κ1) is 10.9. The predicted molar refractivity (Wildman–Crippen MR) is 66.0 cm³/mol. The van der Waals surface area contributed by atoms with Crippen molar-refractivity contribution >= 4 is 17.3 Å². The molecule has 0 atom stereocenters. The normalized spacial score (nSPS) is 9.41. The van der Waals surface area contributed by atoms with Crippen LogP contribution in [0, 0.1) is 11.3 Å². The van der Waals surface area contributed by atoms with E-state index in [9.17, 15) is 0 Å². The highest BCUT2D eigenvalue weighted by atomic mass is 15.1. The third-order valence-corrected chi connectivity index (χ3v) is 2.18. The van der Waals surface area contributed by atoms with Crippen molar-refractivity contribution in [3.63, 3.8) is 0 Å². The lowest BCUT2D eigenvalue weighted by Crippen LogP contribution is -1.98. The van der Waals surface area contributed by atoms with Crippen molar-refractivity contribution in [1.82, 2.24) is 9.97 Å². The Balaban J connectivity index is 2.16. The fraction of sp³-hybridized carbons (Fsp3) is 0.0833. The Hall–Kier alpha value is -2.61. The highest BCUT2D eigenvalue weighted by Gasteiger charge is 1.98. The molecular weight excluding hydrogens is 214 g/mol. The van der Waals surface area contributed by atoms with E-state index < -0.39 is 0 Å². The van der Waals surface area contributed by atoms with Crippen LogP contribution in [0.15, 0.2) is 36.7 Å². The summed E-state index contributed by atoms with van der Waals surface area (Å²) in [5.41, 5.74) is 1.50. The molecule has 5 heteroatoms. The van der Waals surface area contributed by atoms with E-state index in [1.54, 1.807) is 31.6 Å². The molecule has 84 valence electrons. The van der Waals surface area contributed by atoms with E-state index in [0.717, 1.165) is 5.69 Å². The summed E-state index contributed by atoms with van der Waals surface area (Å²) in [6.07, 6.45) is 3.28. The van der Waals surface area contributed by atoms with Gasteiger partial charge in [-0.05, 0) is 24.3 Å². The third-order valence-electron chi connectivity index (χ3n) is 2.18. The minimum atomic E-state index is 0.630. The maximum Gasteiger partial charge on any atom is 0.151 e. The van der Waals surface area contributed by atoms with Crippen molar-refractivity contribution in [2.75, 3.05) is 17.7 Å². The monoisotopic (exact) mass is 225 g/mol. The van der Waals surface area contributed by atoms with Crippen LogP contribution in [-0.2, 0) is 0 Å². The van der Waals surface area contributed by atoms with Gasteiger partial charge in [0.25, 0.3) is 0 Å². The zero-order valence-electron chi connectivity index (χ0n) is 9.31. The lowest BCUT2D eigenvalue weighted by Gasteiger charge is -2.06. The fourth-order valence-electron chi connectivity index (χ4n) is 1.32. The van der Waals surface area contributed by atoms with Gasteiger partial charge in [0, 0.05) is 12.7 Å². The van der Waals surface area contributed by atoms with Gasteiger partial charge in [0.2, 0.25) is 0 Å². The zero-order valence-corrected chi connectivity index (χ0v) is 9.31. The molecule has 0 spiro atoms. The second kappa shape index (κ2) is 4.94. The molecule has 0 aliphatic heterocycles. The first-order chi connectivity index (χ1) is 8.31. The minimum Gasteiger partial charge on any atom is -0.372 e. The molecule has 1 heterocycles. The smallest absolute Gasteiger partial charge is 0.151 e. The van der Waals surface area contributed by atoms with Crippen LogP contribution >= 0.6 is 0 Å². The van der Waals surface area contributed by atoms with E-state index in [4.69, 9.17) is 5.26 Å². The van der Waals surface area contributed by atoms with Crippen LogP contribution in [0.2, 0.25) is 0 Å². The molecular formula is C12H11N5. The molecule has 0 amide bonds. The molecule has 2 aromatic rings. The van der Waals surface area contributed by atoms with Crippen LogP contribution in [-0.4, -0.2) is 17.0 Å². The molecule has 17 heavy (non-hydrogen) atoms. The van der Waals surface area contributed by atoms with Gasteiger partial charge in [0.05, 0.1) is 24.0 Å². The average Bonchev–Trinajstić information content (AvgIpc) is 2.40. The summed E-state index contributed by atoms with van der Waals surface area (Å²) in [5.74, 6) is 1.35. The first-order valence-corrected chi connectivity index (χ1v) is 5.09. The van der Waals surface area contributed by atoms with E-state index in [-0.39, 0.29) is 0 Å². The summed E-state index contributed by atoms with van der Waals surface area (Å²) in [6.45, 7) is 0. The van der Waals surface area contributed by atoms with Gasteiger partial charge in [-0.2, -0.15) is 5.26 Å². The quantitative estimate of drug-likeness (QED) is 0.837. The Labute approximate surface area is 99.1 Å². The summed E-state index contributed by atoms with van der Waals surface area (Å²) < 4.78 is 0. The van der Waals surface area contributed by atoms with Crippen molar-refractivity contribution in [3.05, 3.63) is 42.2 Å². The predicted octanol–water partition coefficient (Wildman–Crippen LogP) is 2.13. The lowest BCUT2D eigenvalue weighted by molar-refractivity contribution is 1.18. The van der Waals surface area contributed by atoms with E-state index in [1.165, 1.54) is 0 Å². The third kappa shape index (κ3) is 2.69. The number of hydrogen-bond acceptors (Lipinski definition) is 5. The number of rotatable bonds is 3. The second-order valence-electron chi connectivity index (χ2n) is 3.35. The highest BCUT2D eigenvalue weighted by Crippen LogP contribution is 2.15. The number of nitrogens with zero attached hydrogens (tertiary/aromatic N) is 3. The highest BCUT2D eigenvalue weighted by molar-refractivity contribution is 5.57. The van der Waals surface area contributed by atoms with Crippen LogP contribution < -0.4 is 10.6 Å². The van der Waals surface area contributed by atoms with E-state index >= 15 is 0 Å². The molecule has 0 aliphatic rings. The topological polar surface area (TPSA) is 73.6 Å². The van der Waals surface area contributed by atoms with Gasteiger partial charge in [-0.1, -0.05) is 0 Å². The summed E-state index contributed by atoms with van der Waals surface area (Å²) >= 11 is 0. The first-order valence-electron chi connectivity index (χ1n) is 5.09. The van der Waals surface area contributed by atoms with Crippen molar-refractivity contribution in [2.45, 2.75) is 0 Å². The SMILES string of the molecule is CNc1cncc(Nc2ccc(C#N)cc2)n1. The standard InChI is InChI=1S/C12H11N5/c1-14-11-7-15-8-12(17-11)16-10-4-2-9(6-13)3-5-10/h2-5,7-8H,1H3,(H2,14,16,17). The maximum absolute atomic E-state index is 8.69. The van der Waals surface area contributed by atoms with Gasteiger partial charge in [0.15, 0.2) is 5.82 Å². The molecule has 0 unspecified atom stereocenters. The second-order valence-corrected chi connectivity index (χ2v) is 3.35. The number of benzene rings is 1. The van der Waals surface area contributed by atoms with Crippen molar-refractivity contribution in [1.29, 1.82) is 5.26 Å². The summed E-state index contributed by atoms with van der Waals surface area (Å²) in [6, 6.07) is 9.22. The molecule has 2 rings (SSSR count). The zero-order chi connectivity index (χ0) is 12.1. The average molecular weight is 225 g/mol. The number of nitriles is 1.